The maximum atomic E-state index is 11.5. The van der Waals surface area contributed by atoms with E-state index < -0.39 is 5.91 Å². The van der Waals surface area contributed by atoms with Gasteiger partial charge >= 0.3 is 0 Å². The Morgan fingerprint density at radius 2 is 2.24 bits per heavy atom. The molecule has 0 spiro atoms. The summed E-state index contributed by atoms with van der Waals surface area (Å²) >= 11 is 1.53. The highest BCUT2D eigenvalue weighted by Crippen LogP contribution is 2.34. The molecule has 1 amide bonds. The lowest BCUT2D eigenvalue weighted by Gasteiger charge is -2.07. The Labute approximate surface area is 125 Å². The SMILES string of the molecule is Cc1cc2ccc(OCc3scnc3C)oc-2c1C(N)=O. The van der Waals surface area contributed by atoms with Gasteiger partial charge in [-0.2, -0.15) is 0 Å². The number of carbonyl (C=O) groups excluding carboxylic acids is 1. The van der Waals surface area contributed by atoms with E-state index in [9.17, 15) is 4.79 Å². The van der Waals surface area contributed by atoms with E-state index in [-0.39, 0.29) is 0 Å². The monoisotopic (exact) mass is 302 g/mol. The minimum atomic E-state index is -0.498. The topological polar surface area (TPSA) is 78.3 Å². The van der Waals surface area contributed by atoms with Crippen molar-refractivity contribution in [2.24, 2.45) is 5.73 Å². The third-order valence-electron chi connectivity index (χ3n) is 3.29. The molecule has 2 aliphatic rings. The van der Waals surface area contributed by atoms with Crippen molar-refractivity contribution in [3.05, 3.63) is 45.4 Å². The number of nitrogens with zero attached hydrogens (tertiary/aromatic N) is 1. The van der Waals surface area contributed by atoms with E-state index in [0.29, 0.717) is 23.9 Å². The lowest BCUT2D eigenvalue weighted by Crippen LogP contribution is -2.12. The Morgan fingerprint density at radius 1 is 1.43 bits per heavy atom. The lowest BCUT2D eigenvalue weighted by atomic mass is 10.2. The van der Waals surface area contributed by atoms with Crippen molar-refractivity contribution in [1.82, 2.24) is 4.98 Å². The van der Waals surface area contributed by atoms with Gasteiger partial charge in [-0.15, -0.1) is 11.3 Å². The van der Waals surface area contributed by atoms with Crippen LogP contribution in [0.4, 0.5) is 0 Å². The molecular formula is C15H14N2O3S. The number of hydrogen-bond donors (Lipinski definition) is 1. The molecule has 2 N–H and O–H groups in total. The molecule has 0 radical (unpaired) electrons. The highest BCUT2D eigenvalue weighted by molar-refractivity contribution is 7.09. The van der Waals surface area contributed by atoms with Crippen molar-refractivity contribution in [2.45, 2.75) is 20.5 Å². The fourth-order valence-electron chi connectivity index (χ4n) is 2.21. The van der Waals surface area contributed by atoms with Gasteiger partial charge in [0.05, 0.1) is 21.6 Å². The molecule has 0 atom stereocenters. The van der Waals surface area contributed by atoms with Crippen molar-refractivity contribution < 1.29 is 13.9 Å². The average Bonchev–Trinajstić information content (AvgIpc) is 2.98. The van der Waals surface area contributed by atoms with E-state index in [1.54, 1.807) is 11.6 Å². The number of carbonyl (C=O) groups is 1. The van der Waals surface area contributed by atoms with Crippen LogP contribution in [0.25, 0.3) is 11.3 Å². The van der Waals surface area contributed by atoms with Gasteiger partial charge in [0.1, 0.15) is 6.61 Å². The van der Waals surface area contributed by atoms with E-state index in [2.05, 4.69) is 4.98 Å². The van der Waals surface area contributed by atoms with Crippen LogP contribution in [0.15, 0.2) is 28.1 Å². The molecule has 1 aliphatic carbocycles. The van der Waals surface area contributed by atoms with Crippen molar-refractivity contribution in [3.63, 3.8) is 0 Å². The molecule has 0 aromatic carbocycles. The molecule has 1 aromatic rings. The van der Waals surface area contributed by atoms with Crippen LogP contribution >= 0.6 is 11.3 Å². The highest BCUT2D eigenvalue weighted by atomic mass is 32.1. The molecule has 5 nitrogen and oxygen atoms in total. The zero-order valence-corrected chi connectivity index (χ0v) is 12.5. The number of nitrogens with two attached hydrogens (primary N) is 1. The quantitative estimate of drug-likeness (QED) is 0.803. The van der Waals surface area contributed by atoms with Gasteiger partial charge in [-0.3, -0.25) is 4.79 Å². The standard InChI is InChI=1S/C15H14N2O3S/c1-8-5-10-3-4-12(20-14(10)13(8)15(16)18)19-6-11-9(2)17-7-21-11/h3-5,7H,6H2,1-2H3,(H2,16,18). The van der Waals surface area contributed by atoms with Crippen LogP contribution in [0, 0.1) is 13.8 Å². The summed E-state index contributed by atoms with van der Waals surface area (Å²) in [6, 6.07) is 5.46. The Balaban J connectivity index is 1.90. The number of thiazole rings is 1. The van der Waals surface area contributed by atoms with Crippen LogP contribution in [-0.4, -0.2) is 10.9 Å². The molecule has 0 saturated carbocycles. The summed E-state index contributed by atoms with van der Waals surface area (Å²) in [5.41, 5.74) is 10.2. The van der Waals surface area contributed by atoms with Gasteiger partial charge in [-0.1, -0.05) is 0 Å². The van der Waals surface area contributed by atoms with Crippen molar-refractivity contribution in [1.29, 1.82) is 0 Å². The third-order valence-corrected chi connectivity index (χ3v) is 4.20. The number of rotatable bonds is 4. The van der Waals surface area contributed by atoms with Crippen LogP contribution in [0.1, 0.15) is 26.5 Å². The Hall–Kier alpha value is -2.34. The fourth-order valence-corrected chi connectivity index (χ4v) is 2.89. The first-order chi connectivity index (χ1) is 10.1. The zero-order chi connectivity index (χ0) is 15.0. The normalized spacial score (nSPS) is 11.0. The predicted octanol–water partition coefficient (Wildman–Crippen LogP) is 3.14. The minimum Gasteiger partial charge on any atom is -0.459 e. The third kappa shape index (κ3) is 2.50. The summed E-state index contributed by atoms with van der Waals surface area (Å²) in [4.78, 5) is 16.7. The Bertz CT molecular complexity index is 775. The van der Waals surface area contributed by atoms with Crippen LogP contribution in [-0.2, 0) is 6.61 Å². The molecule has 108 valence electrons. The van der Waals surface area contributed by atoms with Gasteiger partial charge in [0.15, 0.2) is 5.76 Å². The number of amides is 1. The maximum absolute atomic E-state index is 11.5. The van der Waals surface area contributed by atoms with E-state index in [0.717, 1.165) is 21.7 Å². The van der Waals surface area contributed by atoms with E-state index in [4.69, 9.17) is 14.9 Å². The van der Waals surface area contributed by atoms with E-state index >= 15 is 0 Å². The van der Waals surface area contributed by atoms with Gasteiger partial charge in [0.25, 0.3) is 11.9 Å². The smallest absolute Gasteiger partial charge is 0.285 e. The highest BCUT2D eigenvalue weighted by Gasteiger charge is 2.21. The number of hydrogen-bond acceptors (Lipinski definition) is 5. The molecule has 0 saturated heterocycles. The van der Waals surface area contributed by atoms with Crippen LogP contribution < -0.4 is 10.5 Å². The van der Waals surface area contributed by atoms with Crippen molar-refractivity contribution in [3.8, 4) is 17.3 Å². The van der Waals surface area contributed by atoms with Gasteiger partial charge in [-0.25, -0.2) is 4.98 Å². The predicted molar refractivity (Wildman–Crippen MR) is 79.8 cm³/mol. The molecule has 6 heteroatoms. The van der Waals surface area contributed by atoms with E-state index in [1.165, 1.54) is 11.3 Å². The second-order valence-electron chi connectivity index (χ2n) is 4.76. The van der Waals surface area contributed by atoms with Crippen molar-refractivity contribution >= 4 is 17.2 Å². The molecule has 3 rings (SSSR count). The summed E-state index contributed by atoms with van der Waals surface area (Å²) in [6.45, 7) is 4.15. The van der Waals surface area contributed by atoms with Gasteiger partial charge < -0.3 is 14.9 Å². The maximum Gasteiger partial charge on any atom is 0.285 e. The van der Waals surface area contributed by atoms with E-state index in [1.807, 2.05) is 26.0 Å². The first kappa shape index (κ1) is 13.6. The summed E-state index contributed by atoms with van der Waals surface area (Å²) in [6.07, 6.45) is 0. The summed E-state index contributed by atoms with van der Waals surface area (Å²) in [5, 5.41) is 0. The first-order valence-electron chi connectivity index (χ1n) is 6.41. The molecule has 0 bridgehead atoms. The number of ether oxygens (including phenoxy) is 1. The zero-order valence-electron chi connectivity index (χ0n) is 11.7. The number of aryl methyl sites for hydroxylation is 2. The number of primary amides is 1. The second kappa shape index (κ2) is 5.21. The van der Waals surface area contributed by atoms with Crippen LogP contribution in [0.3, 0.4) is 0 Å². The first-order valence-corrected chi connectivity index (χ1v) is 7.29. The van der Waals surface area contributed by atoms with Crippen LogP contribution in [0.2, 0.25) is 0 Å². The minimum absolute atomic E-state index is 0.350. The second-order valence-corrected chi connectivity index (χ2v) is 5.69. The fraction of sp³-hybridized carbons (Fsp3) is 0.200. The molecular weight excluding hydrogens is 288 g/mol. The Morgan fingerprint density at radius 3 is 2.90 bits per heavy atom. The molecule has 1 aromatic heterocycles. The molecule has 2 heterocycles. The largest absolute Gasteiger partial charge is 0.459 e. The average molecular weight is 302 g/mol. The molecule has 1 aliphatic heterocycles. The lowest BCUT2D eigenvalue weighted by molar-refractivity contribution is 0.0999. The van der Waals surface area contributed by atoms with Gasteiger partial charge in [0, 0.05) is 11.6 Å². The molecule has 0 unspecified atom stereocenters. The van der Waals surface area contributed by atoms with Gasteiger partial charge in [-0.05, 0) is 31.5 Å². The molecule has 0 fully saturated rings. The van der Waals surface area contributed by atoms with Crippen molar-refractivity contribution in [2.75, 3.05) is 0 Å². The van der Waals surface area contributed by atoms with Gasteiger partial charge in [0.2, 0.25) is 0 Å². The summed E-state index contributed by atoms with van der Waals surface area (Å²) in [7, 11) is 0. The molecule has 21 heavy (non-hydrogen) atoms. The number of fused-ring (bicyclic) bond motifs is 1. The Kier molecular flexibility index (Phi) is 3.39. The summed E-state index contributed by atoms with van der Waals surface area (Å²) in [5.74, 6) is 0.323. The number of aromatic nitrogens is 1. The van der Waals surface area contributed by atoms with Crippen LogP contribution in [0.5, 0.6) is 5.95 Å². The summed E-state index contributed by atoms with van der Waals surface area (Å²) < 4.78 is 11.3.